The van der Waals surface area contributed by atoms with E-state index in [0.29, 0.717) is 13.2 Å². The minimum atomic E-state index is -0.472. The second-order valence-corrected chi connectivity index (χ2v) is 2.94. The van der Waals surface area contributed by atoms with Crippen LogP contribution in [0.25, 0.3) is 0 Å². The van der Waals surface area contributed by atoms with Crippen LogP contribution in [-0.4, -0.2) is 49.8 Å². The fourth-order valence-electron chi connectivity index (χ4n) is 1.65. The molecule has 4 atom stereocenters. The molecule has 0 bridgehead atoms. The van der Waals surface area contributed by atoms with Crippen molar-refractivity contribution >= 4 is 0 Å². The van der Waals surface area contributed by atoms with Crippen LogP contribution in [0.5, 0.6) is 0 Å². The molecule has 0 spiro atoms. The smallest absolute Gasteiger partial charge is 0.115 e. The topological polar surface area (TPSA) is 47.9 Å². The quantitative estimate of drug-likeness (QED) is 0.543. The zero-order chi connectivity index (χ0) is 7.84. The van der Waals surface area contributed by atoms with E-state index in [1.165, 1.54) is 0 Å². The van der Waals surface area contributed by atoms with Gasteiger partial charge in [0, 0.05) is 7.11 Å². The lowest BCUT2D eigenvalue weighted by molar-refractivity contribution is -0.0168. The van der Waals surface area contributed by atoms with Crippen LogP contribution in [0.1, 0.15) is 0 Å². The summed E-state index contributed by atoms with van der Waals surface area (Å²) in [6, 6.07) is 0. The average Bonchev–Trinajstić information content (AvgIpc) is 2.53. The predicted octanol–water partition coefficient (Wildman–Crippen LogP) is -0.840. The van der Waals surface area contributed by atoms with Gasteiger partial charge >= 0.3 is 0 Å². The van der Waals surface area contributed by atoms with Crippen LogP contribution in [0.15, 0.2) is 0 Å². The Morgan fingerprint density at radius 2 is 2.00 bits per heavy atom. The molecule has 2 fully saturated rings. The summed E-state index contributed by atoms with van der Waals surface area (Å²) in [7, 11) is 1.63. The number of hydrogen-bond acceptors (Lipinski definition) is 4. The van der Waals surface area contributed by atoms with Crippen LogP contribution in [0.3, 0.4) is 0 Å². The standard InChI is InChI=1S/C7H12O4/c1-9-5-3-11-6-4(8)2-10-7(5)6/h4-8H,2-3H2,1H3/t4-,5-,6+,7?/m0/s1. The molecular weight excluding hydrogens is 148 g/mol. The molecule has 2 saturated heterocycles. The molecule has 0 aromatic carbocycles. The van der Waals surface area contributed by atoms with Gasteiger partial charge in [-0.1, -0.05) is 0 Å². The molecule has 0 aromatic heterocycles. The first-order chi connectivity index (χ1) is 5.33. The molecule has 4 nitrogen and oxygen atoms in total. The summed E-state index contributed by atoms with van der Waals surface area (Å²) in [5, 5.41) is 9.31. The Morgan fingerprint density at radius 3 is 2.73 bits per heavy atom. The van der Waals surface area contributed by atoms with Crippen molar-refractivity contribution in [2.75, 3.05) is 20.3 Å². The highest BCUT2D eigenvalue weighted by atomic mass is 16.6. The maximum atomic E-state index is 9.31. The average molecular weight is 160 g/mol. The van der Waals surface area contributed by atoms with Gasteiger partial charge in [-0.3, -0.25) is 0 Å². The first-order valence-electron chi connectivity index (χ1n) is 3.77. The molecule has 64 valence electrons. The number of fused-ring (bicyclic) bond motifs is 1. The first kappa shape index (κ1) is 7.49. The number of aliphatic hydroxyl groups excluding tert-OH is 1. The minimum absolute atomic E-state index is 0.00264. The van der Waals surface area contributed by atoms with E-state index in [1.807, 2.05) is 0 Å². The van der Waals surface area contributed by atoms with Crippen molar-refractivity contribution in [1.29, 1.82) is 0 Å². The van der Waals surface area contributed by atoms with Crippen molar-refractivity contribution < 1.29 is 19.3 Å². The SMILES string of the molecule is CO[C@H]1CO[C@H]2C1OC[C@@H]2O. The van der Waals surface area contributed by atoms with Crippen molar-refractivity contribution in [3.8, 4) is 0 Å². The summed E-state index contributed by atoms with van der Waals surface area (Å²) < 4.78 is 15.7. The molecule has 2 aliphatic heterocycles. The number of hydrogen-bond donors (Lipinski definition) is 1. The summed E-state index contributed by atoms with van der Waals surface area (Å²) in [5.74, 6) is 0. The van der Waals surface area contributed by atoms with E-state index in [1.54, 1.807) is 7.11 Å². The largest absolute Gasteiger partial charge is 0.388 e. The highest BCUT2D eigenvalue weighted by Crippen LogP contribution is 2.28. The molecule has 2 aliphatic rings. The molecule has 2 rings (SSSR count). The highest BCUT2D eigenvalue weighted by Gasteiger charge is 2.47. The van der Waals surface area contributed by atoms with Crippen LogP contribution < -0.4 is 0 Å². The second kappa shape index (κ2) is 2.71. The predicted molar refractivity (Wildman–Crippen MR) is 36.3 cm³/mol. The Bertz CT molecular complexity index is 149. The fraction of sp³-hybridized carbons (Fsp3) is 1.00. The van der Waals surface area contributed by atoms with Crippen LogP contribution >= 0.6 is 0 Å². The lowest BCUT2D eigenvalue weighted by Gasteiger charge is -2.12. The van der Waals surface area contributed by atoms with Gasteiger partial charge in [0.2, 0.25) is 0 Å². The molecule has 2 heterocycles. The van der Waals surface area contributed by atoms with Crippen LogP contribution in [-0.2, 0) is 14.2 Å². The minimum Gasteiger partial charge on any atom is -0.388 e. The second-order valence-electron chi connectivity index (χ2n) is 2.94. The van der Waals surface area contributed by atoms with Crippen LogP contribution in [0.2, 0.25) is 0 Å². The number of aliphatic hydroxyl groups is 1. The van der Waals surface area contributed by atoms with Crippen molar-refractivity contribution in [2.24, 2.45) is 0 Å². The normalized spacial score (nSPS) is 49.6. The number of rotatable bonds is 1. The van der Waals surface area contributed by atoms with Crippen LogP contribution in [0.4, 0.5) is 0 Å². The lowest BCUT2D eigenvalue weighted by atomic mass is 10.1. The Morgan fingerprint density at radius 1 is 1.27 bits per heavy atom. The number of ether oxygens (including phenoxy) is 3. The third-order valence-corrected chi connectivity index (χ3v) is 2.28. The summed E-state index contributed by atoms with van der Waals surface area (Å²) in [4.78, 5) is 0. The van der Waals surface area contributed by atoms with E-state index >= 15 is 0 Å². The van der Waals surface area contributed by atoms with E-state index < -0.39 is 6.10 Å². The van der Waals surface area contributed by atoms with Crippen molar-refractivity contribution in [1.82, 2.24) is 0 Å². The van der Waals surface area contributed by atoms with Gasteiger partial charge in [-0.25, -0.2) is 0 Å². The Balaban J connectivity index is 2.04. The summed E-state index contributed by atoms with van der Waals surface area (Å²) in [5.41, 5.74) is 0. The monoisotopic (exact) mass is 160 g/mol. The first-order valence-corrected chi connectivity index (χ1v) is 3.77. The number of methoxy groups -OCH3 is 1. The van der Waals surface area contributed by atoms with E-state index in [-0.39, 0.29) is 18.3 Å². The molecule has 0 saturated carbocycles. The molecule has 1 unspecified atom stereocenters. The van der Waals surface area contributed by atoms with Gasteiger partial charge in [0.25, 0.3) is 0 Å². The third kappa shape index (κ3) is 1.06. The fourth-order valence-corrected chi connectivity index (χ4v) is 1.65. The van der Waals surface area contributed by atoms with Gasteiger partial charge in [-0.2, -0.15) is 0 Å². The zero-order valence-electron chi connectivity index (χ0n) is 6.40. The Hall–Kier alpha value is -0.160. The Kier molecular flexibility index (Phi) is 1.85. The summed E-state index contributed by atoms with van der Waals surface area (Å²) in [6.45, 7) is 0.901. The van der Waals surface area contributed by atoms with Gasteiger partial charge in [0.05, 0.1) is 13.2 Å². The molecule has 0 amide bonds. The maximum absolute atomic E-state index is 9.31. The molecule has 4 heteroatoms. The van der Waals surface area contributed by atoms with E-state index in [4.69, 9.17) is 14.2 Å². The van der Waals surface area contributed by atoms with Gasteiger partial charge < -0.3 is 19.3 Å². The maximum Gasteiger partial charge on any atom is 0.115 e. The van der Waals surface area contributed by atoms with E-state index in [9.17, 15) is 5.11 Å². The lowest BCUT2D eigenvalue weighted by Crippen LogP contribution is -2.32. The Labute approximate surface area is 65.1 Å². The molecule has 0 aliphatic carbocycles. The molecule has 0 radical (unpaired) electrons. The zero-order valence-corrected chi connectivity index (χ0v) is 6.40. The highest BCUT2D eigenvalue weighted by molar-refractivity contribution is 4.94. The summed E-state index contributed by atoms with van der Waals surface area (Å²) >= 11 is 0. The van der Waals surface area contributed by atoms with Gasteiger partial charge in [-0.15, -0.1) is 0 Å². The van der Waals surface area contributed by atoms with Crippen molar-refractivity contribution in [2.45, 2.75) is 24.4 Å². The molecule has 0 aromatic rings. The third-order valence-electron chi connectivity index (χ3n) is 2.28. The van der Waals surface area contributed by atoms with Gasteiger partial charge in [-0.05, 0) is 0 Å². The molecule has 1 N–H and O–H groups in total. The molecular formula is C7H12O4. The van der Waals surface area contributed by atoms with Gasteiger partial charge in [0.1, 0.15) is 24.4 Å². The molecule has 11 heavy (non-hydrogen) atoms. The van der Waals surface area contributed by atoms with E-state index in [2.05, 4.69) is 0 Å². The summed E-state index contributed by atoms with van der Waals surface area (Å²) in [6.07, 6.45) is -0.702. The van der Waals surface area contributed by atoms with Crippen LogP contribution in [0, 0.1) is 0 Å². The van der Waals surface area contributed by atoms with Crippen molar-refractivity contribution in [3.63, 3.8) is 0 Å². The van der Waals surface area contributed by atoms with Gasteiger partial charge in [0.15, 0.2) is 0 Å². The van der Waals surface area contributed by atoms with Crippen molar-refractivity contribution in [3.05, 3.63) is 0 Å². The van der Waals surface area contributed by atoms with E-state index in [0.717, 1.165) is 0 Å².